The highest BCUT2D eigenvalue weighted by Gasteiger charge is 2.26. The van der Waals surface area contributed by atoms with Gasteiger partial charge in [-0.25, -0.2) is 4.39 Å². The first kappa shape index (κ1) is 21.4. The second-order valence-electron chi connectivity index (χ2n) is 6.77. The minimum atomic E-state index is -0.675. The Labute approximate surface area is 178 Å². The Morgan fingerprint density at radius 3 is 2.43 bits per heavy atom. The summed E-state index contributed by atoms with van der Waals surface area (Å²) >= 11 is 5.85. The van der Waals surface area contributed by atoms with Crippen LogP contribution in [0, 0.1) is 15.9 Å². The number of hydrogen-bond acceptors (Lipinski definition) is 4. The molecule has 0 aliphatic rings. The van der Waals surface area contributed by atoms with E-state index in [1.807, 2.05) is 35.2 Å². The van der Waals surface area contributed by atoms with Crippen LogP contribution in [0.4, 0.5) is 15.8 Å². The van der Waals surface area contributed by atoms with E-state index < -0.39 is 11.0 Å². The van der Waals surface area contributed by atoms with Gasteiger partial charge in [0, 0.05) is 18.3 Å². The van der Waals surface area contributed by atoms with Gasteiger partial charge in [-0.3, -0.25) is 19.8 Å². The highest BCUT2D eigenvalue weighted by molar-refractivity contribution is 6.32. The summed E-state index contributed by atoms with van der Waals surface area (Å²) in [5, 5.41) is 13.9. The topological polar surface area (TPSA) is 75.5 Å². The fraction of sp³-hybridized carbons (Fsp3) is 0.136. The van der Waals surface area contributed by atoms with E-state index in [1.165, 1.54) is 30.3 Å². The quantitative estimate of drug-likeness (QED) is 0.415. The number of likely N-dealkylation sites (N-methyl/N-ethyl adjacent to an activating group) is 1. The van der Waals surface area contributed by atoms with Crippen molar-refractivity contribution in [2.75, 3.05) is 12.4 Å². The van der Waals surface area contributed by atoms with Crippen LogP contribution >= 0.6 is 11.6 Å². The molecular formula is C22H19ClFN3O3. The smallest absolute Gasteiger partial charge is 0.289 e. The molecule has 1 amide bonds. The second kappa shape index (κ2) is 9.47. The number of nitro benzene ring substituents is 1. The monoisotopic (exact) mass is 427 g/mol. The lowest BCUT2D eigenvalue weighted by atomic mass is 10.0. The molecule has 0 aliphatic carbocycles. The van der Waals surface area contributed by atoms with E-state index in [9.17, 15) is 19.3 Å². The molecule has 0 bridgehead atoms. The Morgan fingerprint density at radius 1 is 1.13 bits per heavy atom. The summed E-state index contributed by atoms with van der Waals surface area (Å²) in [5.74, 6) is -0.689. The normalized spacial score (nSPS) is 11.9. The fourth-order valence-electron chi connectivity index (χ4n) is 3.15. The van der Waals surface area contributed by atoms with Gasteiger partial charge in [-0.2, -0.15) is 0 Å². The zero-order valence-corrected chi connectivity index (χ0v) is 16.8. The van der Waals surface area contributed by atoms with Crippen LogP contribution in [0.25, 0.3) is 0 Å². The van der Waals surface area contributed by atoms with Gasteiger partial charge in [-0.05, 0) is 42.4 Å². The third-order valence-corrected chi connectivity index (χ3v) is 4.88. The number of carbonyl (C=O) groups excluding carboxylic acids is 1. The summed E-state index contributed by atoms with van der Waals surface area (Å²) in [5.41, 5.74) is 1.58. The van der Waals surface area contributed by atoms with Crippen LogP contribution in [0.1, 0.15) is 17.2 Å². The summed E-state index contributed by atoms with van der Waals surface area (Å²) in [7, 11) is 1.78. The van der Waals surface area contributed by atoms with Gasteiger partial charge in [0.25, 0.3) is 5.69 Å². The molecule has 0 spiro atoms. The molecule has 3 rings (SSSR count). The predicted molar refractivity (Wildman–Crippen MR) is 114 cm³/mol. The molecule has 6 nitrogen and oxygen atoms in total. The molecule has 0 heterocycles. The van der Waals surface area contributed by atoms with Crippen LogP contribution < -0.4 is 5.32 Å². The first-order chi connectivity index (χ1) is 14.3. The van der Waals surface area contributed by atoms with Crippen molar-refractivity contribution in [3.05, 3.63) is 105 Å². The lowest BCUT2D eigenvalue weighted by Crippen LogP contribution is -2.34. The average Bonchev–Trinajstić information content (AvgIpc) is 2.72. The van der Waals surface area contributed by atoms with Gasteiger partial charge in [-0.1, -0.05) is 54.1 Å². The van der Waals surface area contributed by atoms with Crippen molar-refractivity contribution < 1.29 is 14.1 Å². The van der Waals surface area contributed by atoms with Gasteiger partial charge < -0.3 is 5.32 Å². The van der Waals surface area contributed by atoms with E-state index in [0.717, 1.165) is 11.1 Å². The van der Waals surface area contributed by atoms with E-state index in [0.29, 0.717) is 6.54 Å². The van der Waals surface area contributed by atoms with E-state index >= 15 is 0 Å². The molecule has 0 radical (unpaired) electrons. The van der Waals surface area contributed by atoms with Crippen LogP contribution in [-0.2, 0) is 11.3 Å². The Kier molecular flexibility index (Phi) is 6.76. The number of halogens is 2. The van der Waals surface area contributed by atoms with E-state index in [-0.39, 0.29) is 28.1 Å². The second-order valence-corrected chi connectivity index (χ2v) is 7.17. The zero-order chi connectivity index (χ0) is 21.7. The maximum Gasteiger partial charge on any atom is 0.289 e. The van der Waals surface area contributed by atoms with Gasteiger partial charge in [0.15, 0.2) is 0 Å². The molecule has 0 saturated carbocycles. The van der Waals surface area contributed by atoms with Crippen LogP contribution in [0.15, 0.2) is 72.8 Å². The number of anilines is 1. The summed E-state index contributed by atoms with van der Waals surface area (Å²) < 4.78 is 13.2. The minimum Gasteiger partial charge on any atom is -0.324 e. The Balaban J connectivity index is 1.86. The highest BCUT2D eigenvalue weighted by atomic mass is 35.5. The molecular weight excluding hydrogens is 409 g/mol. The molecule has 0 fully saturated rings. The summed E-state index contributed by atoms with van der Waals surface area (Å²) in [6.45, 7) is 0.397. The first-order valence-electron chi connectivity index (χ1n) is 9.09. The maximum absolute atomic E-state index is 13.2. The molecule has 3 aromatic rings. The largest absolute Gasteiger partial charge is 0.324 e. The summed E-state index contributed by atoms with van der Waals surface area (Å²) in [6.07, 6.45) is 0. The number of nitro groups is 1. The number of benzene rings is 3. The van der Waals surface area contributed by atoms with Crippen molar-refractivity contribution in [2.24, 2.45) is 0 Å². The van der Waals surface area contributed by atoms with Crippen LogP contribution in [0.2, 0.25) is 5.02 Å². The third-order valence-electron chi connectivity index (χ3n) is 4.56. The number of carbonyl (C=O) groups is 1. The standard InChI is InChI=1S/C22H19ClFN3O3/c1-26(14-15-7-9-17(24)10-8-15)21(16-5-3-2-4-6-16)22(28)25-18-11-12-19(23)20(13-18)27(29)30/h2-13,21H,14H2,1H3,(H,25,28). The molecule has 30 heavy (non-hydrogen) atoms. The zero-order valence-electron chi connectivity index (χ0n) is 16.1. The number of amides is 1. The number of nitrogens with one attached hydrogen (secondary N) is 1. The lowest BCUT2D eigenvalue weighted by molar-refractivity contribution is -0.384. The molecule has 0 saturated heterocycles. The molecule has 8 heteroatoms. The third kappa shape index (κ3) is 5.20. The van der Waals surface area contributed by atoms with Gasteiger partial charge in [0.2, 0.25) is 5.91 Å². The molecule has 1 atom stereocenters. The van der Waals surface area contributed by atoms with E-state index in [1.54, 1.807) is 19.2 Å². The number of nitrogens with zero attached hydrogens (tertiary/aromatic N) is 2. The van der Waals surface area contributed by atoms with Crippen molar-refractivity contribution in [3.8, 4) is 0 Å². The Morgan fingerprint density at radius 2 is 1.80 bits per heavy atom. The number of hydrogen-bond donors (Lipinski definition) is 1. The van der Waals surface area contributed by atoms with Gasteiger partial charge in [-0.15, -0.1) is 0 Å². The SMILES string of the molecule is CN(Cc1ccc(F)cc1)C(C(=O)Nc1ccc(Cl)c([N+](=O)[O-])c1)c1ccccc1. The molecule has 0 aromatic heterocycles. The van der Waals surface area contributed by atoms with Gasteiger partial charge >= 0.3 is 0 Å². The highest BCUT2D eigenvalue weighted by Crippen LogP contribution is 2.29. The van der Waals surface area contributed by atoms with E-state index in [4.69, 9.17) is 11.6 Å². The van der Waals surface area contributed by atoms with E-state index in [2.05, 4.69) is 5.32 Å². The van der Waals surface area contributed by atoms with Crippen molar-refractivity contribution in [3.63, 3.8) is 0 Å². The van der Waals surface area contributed by atoms with Crippen molar-refractivity contribution in [2.45, 2.75) is 12.6 Å². The average molecular weight is 428 g/mol. The van der Waals surface area contributed by atoms with Crippen LogP contribution in [0.3, 0.4) is 0 Å². The first-order valence-corrected chi connectivity index (χ1v) is 9.47. The lowest BCUT2D eigenvalue weighted by Gasteiger charge is -2.27. The minimum absolute atomic E-state index is 0.00830. The van der Waals surface area contributed by atoms with Crippen molar-refractivity contribution in [1.29, 1.82) is 0 Å². The van der Waals surface area contributed by atoms with Crippen LogP contribution in [0.5, 0.6) is 0 Å². The van der Waals surface area contributed by atoms with Crippen LogP contribution in [-0.4, -0.2) is 22.8 Å². The Hall–Kier alpha value is -3.29. The van der Waals surface area contributed by atoms with Gasteiger partial charge in [0.05, 0.1) is 4.92 Å². The Bertz CT molecular complexity index is 1050. The summed E-state index contributed by atoms with van der Waals surface area (Å²) in [4.78, 5) is 25.5. The molecule has 0 aliphatic heterocycles. The molecule has 3 aromatic carbocycles. The number of rotatable bonds is 7. The fourth-order valence-corrected chi connectivity index (χ4v) is 3.34. The molecule has 1 N–H and O–H groups in total. The van der Waals surface area contributed by atoms with Gasteiger partial charge in [0.1, 0.15) is 16.9 Å². The predicted octanol–water partition coefficient (Wildman–Crippen LogP) is 5.20. The molecule has 154 valence electrons. The van der Waals surface area contributed by atoms with Crippen molar-refractivity contribution in [1.82, 2.24) is 4.90 Å². The summed E-state index contributed by atoms with van der Waals surface area (Å²) in [6, 6.07) is 18.7. The molecule has 1 unspecified atom stereocenters. The maximum atomic E-state index is 13.2. The van der Waals surface area contributed by atoms with Crippen molar-refractivity contribution >= 4 is 28.9 Å².